The lowest BCUT2D eigenvalue weighted by Crippen LogP contribution is -2.30. The summed E-state index contributed by atoms with van der Waals surface area (Å²) >= 11 is 0. The third kappa shape index (κ3) is 2.70. The van der Waals surface area contributed by atoms with Crippen molar-refractivity contribution in [1.29, 1.82) is 0 Å². The Labute approximate surface area is 126 Å². The number of benzene rings is 1. The van der Waals surface area contributed by atoms with E-state index in [9.17, 15) is 0 Å². The molecule has 0 bridgehead atoms. The van der Waals surface area contributed by atoms with Crippen LogP contribution in [0.15, 0.2) is 36.5 Å². The standard InChI is InChI=1S/C18H24N2O/c1-4-21-14-7-5-13(6-8-14)20-10-9-15-16(19)11-18(2,3)12-17(15)20/h5-10,16H,4,11-12,19H2,1-3H3. The first kappa shape index (κ1) is 14.2. The molecule has 1 aromatic heterocycles. The zero-order chi connectivity index (χ0) is 15.0. The summed E-state index contributed by atoms with van der Waals surface area (Å²) < 4.78 is 7.78. The maximum Gasteiger partial charge on any atom is 0.119 e. The van der Waals surface area contributed by atoms with E-state index >= 15 is 0 Å². The van der Waals surface area contributed by atoms with Gasteiger partial charge in [0, 0.05) is 23.6 Å². The Morgan fingerprint density at radius 3 is 2.62 bits per heavy atom. The monoisotopic (exact) mass is 284 g/mol. The smallest absolute Gasteiger partial charge is 0.119 e. The predicted molar refractivity (Wildman–Crippen MR) is 86.0 cm³/mol. The Morgan fingerprint density at radius 1 is 1.24 bits per heavy atom. The van der Waals surface area contributed by atoms with E-state index in [2.05, 4.69) is 42.8 Å². The number of hydrogen-bond donors (Lipinski definition) is 1. The molecule has 3 heteroatoms. The van der Waals surface area contributed by atoms with E-state index in [0.717, 1.165) is 18.6 Å². The van der Waals surface area contributed by atoms with Gasteiger partial charge in [-0.2, -0.15) is 0 Å². The summed E-state index contributed by atoms with van der Waals surface area (Å²) in [5.74, 6) is 0.916. The number of nitrogens with two attached hydrogens (primary N) is 1. The van der Waals surface area contributed by atoms with Crippen molar-refractivity contribution in [2.24, 2.45) is 11.1 Å². The first-order valence-corrected chi connectivity index (χ1v) is 7.69. The van der Waals surface area contributed by atoms with Crippen LogP contribution < -0.4 is 10.5 Å². The lowest BCUT2D eigenvalue weighted by molar-refractivity contribution is 0.278. The van der Waals surface area contributed by atoms with Crippen LogP contribution in [0.5, 0.6) is 5.75 Å². The molecule has 1 aliphatic rings. The van der Waals surface area contributed by atoms with Crippen LogP contribution in [0, 0.1) is 5.41 Å². The van der Waals surface area contributed by atoms with Gasteiger partial charge in [-0.25, -0.2) is 0 Å². The Morgan fingerprint density at radius 2 is 1.95 bits per heavy atom. The molecule has 1 atom stereocenters. The van der Waals surface area contributed by atoms with Crippen LogP contribution in [-0.2, 0) is 6.42 Å². The van der Waals surface area contributed by atoms with Crippen molar-refractivity contribution in [3.8, 4) is 11.4 Å². The van der Waals surface area contributed by atoms with Crippen LogP contribution in [0.3, 0.4) is 0 Å². The molecular weight excluding hydrogens is 260 g/mol. The zero-order valence-corrected chi connectivity index (χ0v) is 13.1. The second-order valence-corrected chi connectivity index (χ2v) is 6.67. The number of nitrogens with zero attached hydrogens (tertiary/aromatic N) is 1. The number of hydrogen-bond acceptors (Lipinski definition) is 2. The van der Waals surface area contributed by atoms with E-state index in [4.69, 9.17) is 10.5 Å². The van der Waals surface area contributed by atoms with Crippen molar-refractivity contribution in [2.75, 3.05) is 6.61 Å². The highest BCUT2D eigenvalue weighted by Crippen LogP contribution is 2.40. The summed E-state index contributed by atoms with van der Waals surface area (Å²) in [5.41, 5.74) is 10.4. The summed E-state index contributed by atoms with van der Waals surface area (Å²) in [6.07, 6.45) is 4.26. The van der Waals surface area contributed by atoms with Crippen LogP contribution >= 0.6 is 0 Å². The van der Waals surface area contributed by atoms with Crippen molar-refractivity contribution in [2.45, 2.75) is 39.7 Å². The highest BCUT2D eigenvalue weighted by Gasteiger charge is 2.32. The molecule has 1 aromatic carbocycles. The zero-order valence-electron chi connectivity index (χ0n) is 13.1. The van der Waals surface area contributed by atoms with Crippen LogP contribution in [-0.4, -0.2) is 11.2 Å². The van der Waals surface area contributed by atoms with Gasteiger partial charge in [0.25, 0.3) is 0 Å². The molecule has 21 heavy (non-hydrogen) atoms. The first-order valence-electron chi connectivity index (χ1n) is 7.69. The fourth-order valence-corrected chi connectivity index (χ4v) is 3.35. The van der Waals surface area contributed by atoms with Gasteiger partial charge < -0.3 is 15.0 Å². The van der Waals surface area contributed by atoms with E-state index in [1.807, 2.05) is 19.1 Å². The molecular formula is C18H24N2O. The third-order valence-electron chi connectivity index (χ3n) is 4.27. The second kappa shape index (κ2) is 5.23. The van der Waals surface area contributed by atoms with Gasteiger partial charge in [-0.3, -0.25) is 0 Å². The fourth-order valence-electron chi connectivity index (χ4n) is 3.35. The second-order valence-electron chi connectivity index (χ2n) is 6.67. The third-order valence-corrected chi connectivity index (χ3v) is 4.27. The lowest BCUT2D eigenvalue weighted by atomic mass is 9.74. The van der Waals surface area contributed by atoms with Gasteiger partial charge in [-0.15, -0.1) is 0 Å². The van der Waals surface area contributed by atoms with Gasteiger partial charge in [0.1, 0.15) is 5.75 Å². The SMILES string of the molecule is CCOc1ccc(-n2ccc3c2CC(C)(C)CC3N)cc1. The molecule has 0 aliphatic heterocycles. The largest absolute Gasteiger partial charge is 0.494 e. The normalized spacial score (nSPS) is 20.1. The van der Waals surface area contributed by atoms with Gasteiger partial charge in [-0.1, -0.05) is 13.8 Å². The van der Waals surface area contributed by atoms with Crippen molar-refractivity contribution in [1.82, 2.24) is 4.57 Å². The minimum absolute atomic E-state index is 0.146. The van der Waals surface area contributed by atoms with Gasteiger partial charge in [0.05, 0.1) is 6.61 Å². The number of rotatable bonds is 3. The van der Waals surface area contributed by atoms with E-state index in [1.54, 1.807) is 0 Å². The van der Waals surface area contributed by atoms with Gasteiger partial charge in [0.15, 0.2) is 0 Å². The van der Waals surface area contributed by atoms with Crippen molar-refractivity contribution >= 4 is 0 Å². The van der Waals surface area contributed by atoms with E-state index in [-0.39, 0.29) is 11.5 Å². The number of fused-ring (bicyclic) bond motifs is 1. The highest BCUT2D eigenvalue weighted by atomic mass is 16.5. The fraction of sp³-hybridized carbons (Fsp3) is 0.444. The van der Waals surface area contributed by atoms with Crippen molar-refractivity contribution in [3.05, 3.63) is 47.8 Å². The molecule has 0 radical (unpaired) electrons. The van der Waals surface area contributed by atoms with E-state index < -0.39 is 0 Å². The lowest BCUT2D eigenvalue weighted by Gasteiger charge is -2.34. The molecule has 2 aromatic rings. The van der Waals surface area contributed by atoms with E-state index in [1.165, 1.54) is 16.9 Å². The van der Waals surface area contributed by atoms with Crippen molar-refractivity contribution in [3.63, 3.8) is 0 Å². The Hall–Kier alpha value is -1.74. The maximum absolute atomic E-state index is 6.34. The maximum atomic E-state index is 6.34. The molecule has 0 saturated heterocycles. The Kier molecular flexibility index (Phi) is 3.54. The minimum atomic E-state index is 0.146. The molecule has 0 amide bonds. The van der Waals surface area contributed by atoms with Crippen LogP contribution in [0.4, 0.5) is 0 Å². The Bertz CT molecular complexity index is 625. The van der Waals surface area contributed by atoms with Gasteiger partial charge in [-0.05, 0) is 61.1 Å². The Balaban J connectivity index is 1.97. The molecule has 0 spiro atoms. The van der Waals surface area contributed by atoms with Crippen molar-refractivity contribution < 1.29 is 4.74 Å². The number of aromatic nitrogens is 1. The number of ether oxygens (including phenoxy) is 1. The topological polar surface area (TPSA) is 40.2 Å². The molecule has 0 saturated carbocycles. The predicted octanol–water partition coefficient (Wildman–Crippen LogP) is 3.85. The van der Waals surface area contributed by atoms with Gasteiger partial charge in [0.2, 0.25) is 0 Å². The molecule has 1 heterocycles. The summed E-state index contributed by atoms with van der Waals surface area (Å²) in [6.45, 7) is 7.29. The quantitative estimate of drug-likeness (QED) is 0.930. The molecule has 1 unspecified atom stereocenters. The van der Waals surface area contributed by atoms with Gasteiger partial charge >= 0.3 is 0 Å². The molecule has 3 rings (SSSR count). The average molecular weight is 284 g/mol. The van der Waals surface area contributed by atoms with E-state index in [0.29, 0.717) is 6.61 Å². The first-order chi connectivity index (χ1) is 10.00. The molecule has 1 aliphatic carbocycles. The summed E-state index contributed by atoms with van der Waals surface area (Å²) in [4.78, 5) is 0. The average Bonchev–Trinajstić information content (AvgIpc) is 2.82. The minimum Gasteiger partial charge on any atom is -0.494 e. The molecule has 3 nitrogen and oxygen atoms in total. The van der Waals surface area contributed by atoms with Crippen LogP contribution in [0.2, 0.25) is 0 Å². The molecule has 112 valence electrons. The van der Waals surface area contributed by atoms with Crippen LogP contribution in [0.1, 0.15) is 44.5 Å². The summed E-state index contributed by atoms with van der Waals surface area (Å²) in [7, 11) is 0. The highest BCUT2D eigenvalue weighted by molar-refractivity contribution is 5.43. The van der Waals surface area contributed by atoms with Crippen LogP contribution in [0.25, 0.3) is 5.69 Å². The molecule has 2 N–H and O–H groups in total. The summed E-state index contributed by atoms with van der Waals surface area (Å²) in [6, 6.07) is 10.6. The summed E-state index contributed by atoms with van der Waals surface area (Å²) in [5, 5.41) is 0. The molecule has 0 fully saturated rings.